The number of rotatable bonds is 2. The maximum absolute atomic E-state index is 10.9. The van der Waals surface area contributed by atoms with E-state index in [0.717, 1.165) is 62.7 Å². The molecule has 116 valence electrons. The molecular weight excluding hydrogens is 302 g/mol. The van der Waals surface area contributed by atoms with Crippen molar-refractivity contribution in [3.8, 4) is 11.5 Å². The molecule has 5 heteroatoms. The molecule has 1 aromatic rings. The molecule has 1 heterocycles. The van der Waals surface area contributed by atoms with E-state index in [1.807, 2.05) is 12.1 Å². The van der Waals surface area contributed by atoms with Crippen LogP contribution in [0.15, 0.2) is 17.1 Å². The Kier molecular flexibility index (Phi) is 3.21. The number of fused-ring (bicyclic) bond motifs is 1. The highest BCUT2D eigenvalue weighted by Gasteiger charge is 2.46. The third-order valence-electron chi connectivity index (χ3n) is 5.18. The molecule has 22 heavy (non-hydrogen) atoms. The molecule has 1 aliphatic heterocycles. The first-order chi connectivity index (χ1) is 10.7. The lowest BCUT2D eigenvalue weighted by Gasteiger charge is -2.24. The zero-order chi connectivity index (χ0) is 15.2. The van der Waals surface area contributed by atoms with Gasteiger partial charge in [-0.05, 0) is 31.7 Å². The highest BCUT2D eigenvalue weighted by Crippen LogP contribution is 2.52. The molecule has 1 aromatic carbocycles. The van der Waals surface area contributed by atoms with Gasteiger partial charge in [0.05, 0.1) is 10.6 Å². The second kappa shape index (κ2) is 5.00. The summed E-state index contributed by atoms with van der Waals surface area (Å²) in [5, 5.41) is 0.596. The van der Waals surface area contributed by atoms with Gasteiger partial charge in [0.2, 0.25) is 6.08 Å². The number of nitrogens with zero attached hydrogens (tertiary/aromatic N) is 1. The monoisotopic (exact) mass is 319 g/mol. The Morgan fingerprint density at radius 2 is 1.59 bits per heavy atom. The average Bonchev–Trinajstić information content (AvgIpc) is 3.20. The summed E-state index contributed by atoms with van der Waals surface area (Å²) in [7, 11) is 0. The summed E-state index contributed by atoms with van der Waals surface area (Å²) in [6, 6.07) is 3.75. The Bertz CT molecular complexity index is 654. The van der Waals surface area contributed by atoms with Crippen molar-refractivity contribution in [2.45, 2.75) is 62.7 Å². The fourth-order valence-corrected chi connectivity index (χ4v) is 4.41. The number of hydrogen-bond donors (Lipinski definition) is 0. The van der Waals surface area contributed by atoms with Crippen LogP contribution in [0.5, 0.6) is 11.5 Å². The van der Waals surface area contributed by atoms with Crippen LogP contribution in [0.3, 0.4) is 0 Å². The van der Waals surface area contributed by atoms with Crippen molar-refractivity contribution in [1.29, 1.82) is 0 Å². The minimum Gasteiger partial charge on any atom is -0.448 e. The molecule has 0 radical (unpaired) electrons. The Morgan fingerprint density at radius 3 is 2.23 bits per heavy atom. The third kappa shape index (κ3) is 2.05. The van der Waals surface area contributed by atoms with Crippen molar-refractivity contribution in [2.24, 2.45) is 4.99 Å². The molecule has 0 aromatic heterocycles. The maximum Gasteiger partial charge on any atom is 0.251 e. The van der Waals surface area contributed by atoms with E-state index in [-0.39, 0.29) is 0 Å². The Labute approximate surface area is 134 Å². The molecule has 0 bridgehead atoms. The van der Waals surface area contributed by atoms with E-state index >= 15 is 0 Å². The van der Waals surface area contributed by atoms with Crippen LogP contribution >= 0.6 is 11.6 Å². The van der Waals surface area contributed by atoms with Crippen LogP contribution in [0, 0.1) is 0 Å². The molecule has 2 saturated carbocycles. The van der Waals surface area contributed by atoms with Crippen LogP contribution in [0.25, 0.3) is 0 Å². The fourth-order valence-electron chi connectivity index (χ4n) is 4.08. The second-order valence-corrected chi connectivity index (χ2v) is 6.95. The van der Waals surface area contributed by atoms with E-state index in [1.54, 1.807) is 6.08 Å². The Balaban J connectivity index is 1.76. The standard InChI is InChI=1S/C17H18ClNO3/c18-13-10-15-14(21-17(22-15)7-3-4-8-17)9-12(13)16(19-11-20)5-1-2-6-16/h9-10H,1-8H2. The van der Waals surface area contributed by atoms with Gasteiger partial charge in [0.25, 0.3) is 5.79 Å². The minimum atomic E-state index is -0.539. The lowest BCUT2D eigenvalue weighted by Crippen LogP contribution is -2.34. The van der Waals surface area contributed by atoms with Crippen molar-refractivity contribution in [3.63, 3.8) is 0 Å². The largest absolute Gasteiger partial charge is 0.448 e. The van der Waals surface area contributed by atoms with Gasteiger partial charge in [0, 0.05) is 24.5 Å². The summed E-state index contributed by atoms with van der Waals surface area (Å²) in [5.74, 6) is 0.939. The molecule has 0 amide bonds. The first-order valence-corrected chi connectivity index (χ1v) is 8.35. The van der Waals surface area contributed by atoms with Gasteiger partial charge in [-0.15, -0.1) is 0 Å². The molecule has 0 atom stereocenters. The van der Waals surface area contributed by atoms with Crippen molar-refractivity contribution < 1.29 is 14.3 Å². The summed E-state index contributed by atoms with van der Waals surface area (Å²) >= 11 is 6.48. The molecule has 1 spiro atoms. The highest BCUT2D eigenvalue weighted by atomic mass is 35.5. The van der Waals surface area contributed by atoms with Gasteiger partial charge in [0.15, 0.2) is 11.5 Å². The van der Waals surface area contributed by atoms with Crippen molar-refractivity contribution in [1.82, 2.24) is 0 Å². The third-order valence-corrected chi connectivity index (χ3v) is 5.50. The highest BCUT2D eigenvalue weighted by molar-refractivity contribution is 6.31. The fraction of sp³-hybridized carbons (Fsp3) is 0.588. The lowest BCUT2D eigenvalue weighted by molar-refractivity contribution is -0.0716. The normalized spacial score (nSPS) is 23.7. The number of aliphatic imine (C=N–C) groups is 1. The summed E-state index contributed by atoms with van der Waals surface area (Å²) in [6.07, 6.45) is 9.53. The topological polar surface area (TPSA) is 47.9 Å². The van der Waals surface area contributed by atoms with E-state index in [2.05, 4.69) is 4.99 Å². The number of benzene rings is 1. The molecule has 3 aliphatic rings. The van der Waals surface area contributed by atoms with Gasteiger partial charge >= 0.3 is 0 Å². The van der Waals surface area contributed by atoms with Crippen LogP contribution in [0.4, 0.5) is 0 Å². The van der Waals surface area contributed by atoms with Crippen LogP contribution in [0.2, 0.25) is 5.02 Å². The van der Waals surface area contributed by atoms with Crippen LogP contribution < -0.4 is 9.47 Å². The minimum absolute atomic E-state index is 0.499. The number of halogens is 1. The van der Waals surface area contributed by atoms with E-state index in [1.165, 1.54) is 0 Å². The molecule has 0 N–H and O–H groups in total. The molecule has 2 aliphatic carbocycles. The smallest absolute Gasteiger partial charge is 0.251 e. The molecule has 0 unspecified atom stereocenters. The van der Waals surface area contributed by atoms with E-state index in [0.29, 0.717) is 10.8 Å². The zero-order valence-electron chi connectivity index (χ0n) is 12.4. The summed E-state index contributed by atoms with van der Waals surface area (Å²) in [6.45, 7) is 0. The van der Waals surface area contributed by atoms with Crippen LogP contribution in [0.1, 0.15) is 56.9 Å². The second-order valence-electron chi connectivity index (χ2n) is 6.54. The summed E-state index contributed by atoms with van der Waals surface area (Å²) in [4.78, 5) is 15.0. The van der Waals surface area contributed by atoms with E-state index < -0.39 is 11.3 Å². The van der Waals surface area contributed by atoms with Gasteiger partial charge in [-0.25, -0.2) is 4.79 Å². The number of isocyanates is 1. The summed E-state index contributed by atoms with van der Waals surface area (Å²) in [5.41, 5.74) is 0.329. The predicted molar refractivity (Wildman–Crippen MR) is 82.2 cm³/mol. The van der Waals surface area contributed by atoms with Gasteiger partial charge in [-0.3, -0.25) is 0 Å². The summed E-state index contributed by atoms with van der Waals surface area (Å²) < 4.78 is 12.1. The number of hydrogen-bond acceptors (Lipinski definition) is 4. The predicted octanol–water partition coefficient (Wildman–Crippen LogP) is 4.49. The quantitative estimate of drug-likeness (QED) is 0.596. The zero-order valence-corrected chi connectivity index (χ0v) is 13.1. The van der Waals surface area contributed by atoms with Crippen molar-refractivity contribution >= 4 is 17.7 Å². The SMILES string of the molecule is O=C=NC1(c2cc3c(cc2Cl)OC2(CCCC2)O3)CCCC1. The molecule has 4 rings (SSSR count). The van der Waals surface area contributed by atoms with E-state index in [9.17, 15) is 4.79 Å². The molecule has 2 fully saturated rings. The first kappa shape index (κ1) is 14.1. The lowest BCUT2D eigenvalue weighted by atomic mass is 9.88. The van der Waals surface area contributed by atoms with E-state index in [4.69, 9.17) is 21.1 Å². The number of ether oxygens (including phenoxy) is 2. The van der Waals surface area contributed by atoms with Crippen LogP contribution in [-0.4, -0.2) is 11.9 Å². The van der Waals surface area contributed by atoms with Gasteiger partial charge in [-0.2, -0.15) is 4.99 Å². The Hall–Kier alpha value is -1.51. The average molecular weight is 320 g/mol. The Morgan fingerprint density at radius 1 is 1.00 bits per heavy atom. The maximum atomic E-state index is 10.9. The van der Waals surface area contributed by atoms with Crippen molar-refractivity contribution in [3.05, 3.63) is 22.7 Å². The number of carbonyl (C=O) groups excluding carboxylic acids is 1. The first-order valence-electron chi connectivity index (χ1n) is 7.98. The molecule has 4 nitrogen and oxygen atoms in total. The van der Waals surface area contributed by atoms with Gasteiger partial charge in [-0.1, -0.05) is 24.4 Å². The van der Waals surface area contributed by atoms with Crippen molar-refractivity contribution in [2.75, 3.05) is 0 Å². The molecule has 0 saturated heterocycles. The molecular formula is C17H18ClNO3. The van der Waals surface area contributed by atoms with Gasteiger partial charge < -0.3 is 9.47 Å². The van der Waals surface area contributed by atoms with Crippen LogP contribution in [-0.2, 0) is 10.3 Å². The van der Waals surface area contributed by atoms with Gasteiger partial charge in [0.1, 0.15) is 0 Å².